The molecule has 0 aliphatic carbocycles. The minimum absolute atomic E-state index is 0.167. The maximum Gasteiger partial charge on any atom is 0.216 e. The second-order valence-electron chi connectivity index (χ2n) is 4.06. The molecule has 0 heterocycles. The van der Waals surface area contributed by atoms with Crippen molar-refractivity contribution in [2.45, 2.75) is 25.6 Å². The Hall–Kier alpha value is -1.11. The number of rotatable bonds is 5. The van der Waals surface area contributed by atoms with Gasteiger partial charge < -0.3 is 21.3 Å². The van der Waals surface area contributed by atoms with Gasteiger partial charge in [-0.3, -0.25) is 4.79 Å². The van der Waals surface area contributed by atoms with Crippen LogP contribution in [0.25, 0.3) is 0 Å². The molecule has 1 amide bonds. The molecule has 6 heteroatoms. The summed E-state index contributed by atoms with van der Waals surface area (Å²) in [6.07, 6.45) is -1.77. The molecule has 18 heavy (non-hydrogen) atoms. The van der Waals surface area contributed by atoms with Crippen molar-refractivity contribution in [3.8, 4) is 0 Å². The number of amides is 1. The lowest BCUT2D eigenvalue weighted by atomic mass is 10.0. The maximum atomic E-state index is 10.7. The van der Waals surface area contributed by atoms with E-state index in [1.807, 2.05) is 0 Å². The van der Waals surface area contributed by atoms with Crippen LogP contribution in [0.2, 0.25) is 0 Å². The summed E-state index contributed by atoms with van der Waals surface area (Å²) in [6.45, 7) is 1.71. The first-order valence-corrected chi connectivity index (χ1v) is 6.36. The van der Waals surface area contributed by atoms with Crippen molar-refractivity contribution in [1.29, 1.82) is 0 Å². The molecule has 0 spiro atoms. The Morgan fingerprint density at radius 3 is 2.72 bits per heavy atom. The van der Waals surface area contributed by atoms with Crippen LogP contribution in [0.1, 0.15) is 25.0 Å². The Morgan fingerprint density at radius 1 is 1.50 bits per heavy atom. The van der Waals surface area contributed by atoms with Gasteiger partial charge >= 0.3 is 0 Å². The highest BCUT2D eigenvalue weighted by molar-refractivity contribution is 9.10. The van der Waals surface area contributed by atoms with Crippen LogP contribution in [-0.4, -0.2) is 28.8 Å². The second kappa shape index (κ2) is 6.72. The average Bonchev–Trinajstić information content (AvgIpc) is 2.27. The lowest BCUT2D eigenvalue weighted by molar-refractivity contribution is -0.119. The van der Waals surface area contributed by atoms with Gasteiger partial charge in [-0.2, -0.15) is 0 Å². The number of hydrogen-bond acceptors (Lipinski definition) is 4. The van der Waals surface area contributed by atoms with Crippen LogP contribution in [-0.2, 0) is 4.79 Å². The third-order valence-electron chi connectivity index (χ3n) is 2.55. The fourth-order valence-electron chi connectivity index (χ4n) is 1.58. The number of carbonyl (C=O) groups excluding carboxylic acids is 1. The normalized spacial score (nSPS) is 14.0. The average molecular weight is 317 g/mol. The fourth-order valence-corrected chi connectivity index (χ4v) is 1.95. The zero-order valence-corrected chi connectivity index (χ0v) is 11.6. The van der Waals surface area contributed by atoms with E-state index < -0.39 is 12.2 Å². The van der Waals surface area contributed by atoms with E-state index in [4.69, 9.17) is 5.73 Å². The molecule has 2 unspecified atom stereocenters. The summed E-state index contributed by atoms with van der Waals surface area (Å²) in [7, 11) is 0. The summed E-state index contributed by atoms with van der Waals surface area (Å²) in [5.74, 6) is -0.167. The highest BCUT2D eigenvalue weighted by Crippen LogP contribution is 2.27. The molecule has 0 saturated carbocycles. The minimum atomic E-state index is -1.06. The molecule has 0 bridgehead atoms. The Balaban J connectivity index is 2.62. The standard InChI is InChI=1S/C12H17BrN2O3/c1-7(16)15-5-4-11(17)12(18)9-3-2-8(13)6-10(9)14/h2-3,6,11-12,17-18H,4-5,14H2,1H3,(H,15,16). The van der Waals surface area contributed by atoms with Gasteiger partial charge in [-0.25, -0.2) is 0 Å². The summed E-state index contributed by atoms with van der Waals surface area (Å²) in [5.41, 5.74) is 6.66. The molecule has 0 aromatic heterocycles. The second-order valence-corrected chi connectivity index (χ2v) is 4.97. The molecule has 0 fully saturated rings. The molecule has 1 aromatic rings. The van der Waals surface area contributed by atoms with E-state index in [-0.39, 0.29) is 12.3 Å². The van der Waals surface area contributed by atoms with E-state index in [1.54, 1.807) is 18.2 Å². The molecule has 0 radical (unpaired) electrons. The lowest BCUT2D eigenvalue weighted by Gasteiger charge is -2.19. The molecule has 0 aliphatic heterocycles. The van der Waals surface area contributed by atoms with Crippen LogP contribution in [0.3, 0.4) is 0 Å². The summed E-state index contributed by atoms with van der Waals surface area (Å²) < 4.78 is 0.809. The van der Waals surface area contributed by atoms with Crippen molar-refractivity contribution in [3.63, 3.8) is 0 Å². The highest BCUT2D eigenvalue weighted by Gasteiger charge is 2.20. The van der Waals surface area contributed by atoms with Gasteiger partial charge in [0.1, 0.15) is 6.10 Å². The monoisotopic (exact) mass is 316 g/mol. The number of hydrogen-bond donors (Lipinski definition) is 4. The Kier molecular flexibility index (Phi) is 5.58. The first kappa shape index (κ1) is 14.9. The highest BCUT2D eigenvalue weighted by atomic mass is 79.9. The number of nitrogen functional groups attached to an aromatic ring is 1. The van der Waals surface area contributed by atoms with Crippen molar-refractivity contribution in [2.75, 3.05) is 12.3 Å². The number of aliphatic hydroxyl groups is 2. The van der Waals surface area contributed by atoms with Crippen LogP contribution in [0.4, 0.5) is 5.69 Å². The van der Waals surface area contributed by atoms with Crippen molar-refractivity contribution in [3.05, 3.63) is 28.2 Å². The van der Waals surface area contributed by atoms with Gasteiger partial charge in [0.25, 0.3) is 0 Å². The first-order chi connectivity index (χ1) is 8.41. The molecule has 100 valence electrons. The van der Waals surface area contributed by atoms with E-state index in [0.29, 0.717) is 17.8 Å². The quantitative estimate of drug-likeness (QED) is 0.608. The molecule has 0 saturated heterocycles. The smallest absolute Gasteiger partial charge is 0.216 e. The van der Waals surface area contributed by atoms with Crippen LogP contribution >= 0.6 is 15.9 Å². The fraction of sp³-hybridized carbons (Fsp3) is 0.417. The number of carbonyl (C=O) groups is 1. The van der Waals surface area contributed by atoms with Crippen molar-refractivity contribution < 1.29 is 15.0 Å². The molecular formula is C12H17BrN2O3. The van der Waals surface area contributed by atoms with Gasteiger partial charge in [0.2, 0.25) is 5.91 Å². The third-order valence-corrected chi connectivity index (χ3v) is 3.04. The number of anilines is 1. The predicted octanol–water partition coefficient (Wildman–Crippen LogP) is 0.952. The van der Waals surface area contributed by atoms with Crippen molar-refractivity contribution in [2.24, 2.45) is 0 Å². The number of halogens is 1. The lowest BCUT2D eigenvalue weighted by Crippen LogP contribution is -2.28. The van der Waals surface area contributed by atoms with Crippen LogP contribution in [0.5, 0.6) is 0 Å². The van der Waals surface area contributed by atoms with E-state index >= 15 is 0 Å². The molecule has 5 N–H and O–H groups in total. The number of aliphatic hydroxyl groups excluding tert-OH is 2. The maximum absolute atomic E-state index is 10.7. The topological polar surface area (TPSA) is 95.6 Å². The summed E-state index contributed by atoms with van der Waals surface area (Å²) in [6, 6.07) is 5.07. The van der Waals surface area contributed by atoms with Crippen LogP contribution < -0.4 is 11.1 Å². The van der Waals surface area contributed by atoms with Gasteiger partial charge in [0.05, 0.1) is 6.10 Å². The number of benzene rings is 1. The summed E-state index contributed by atoms with van der Waals surface area (Å²) >= 11 is 3.27. The largest absolute Gasteiger partial charge is 0.398 e. The third kappa shape index (κ3) is 4.29. The van der Waals surface area contributed by atoms with E-state index in [0.717, 1.165) is 4.47 Å². The van der Waals surface area contributed by atoms with E-state index in [9.17, 15) is 15.0 Å². The van der Waals surface area contributed by atoms with Gasteiger partial charge in [0, 0.05) is 29.2 Å². The SMILES string of the molecule is CC(=O)NCCC(O)C(O)c1ccc(Br)cc1N. The van der Waals surface area contributed by atoms with Gasteiger partial charge in [-0.1, -0.05) is 22.0 Å². The summed E-state index contributed by atoms with van der Waals surface area (Å²) in [5, 5.41) is 22.3. The Bertz CT molecular complexity index is 426. The van der Waals surface area contributed by atoms with Crippen LogP contribution in [0, 0.1) is 0 Å². The van der Waals surface area contributed by atoms with Gasteiger partial charge in [0.15, 0.2) is 0 Å². The molecule has 1 aromatic carbocycles. The number of nitrogens with two attached hydrogens (primary N) is 1. The van der Waals surface area contributed by atoms with E-state index in [1.165, 1.54) is 6.92 Å². The zero-order chi connectivity index (χ0) is 13.7. The van der Waals surface area contributed by atoms with Gasteiger partial charge in [-0.05, 0) is 18.6 Å². The zero-order valence-electron chi connectivity index (χ0n) is 10.1. The van der Waals surface area contributed by atoms with E-state index in [2.05, 4.69) is 21.2 Å². The molecule has 2 atom stereocenters. The summed E-state index contributed by atoms with van der Waals surface area (Å²) in [4.78, 5) is 10.7. The molecular weight excluding hydrogens is 300 g/mol. The van der Waals surface area contributed by atoms with Crippen molar-refractivity contribution >= 4 is 27.5 Å². The first-order valence-electron chi connectivity index (χ1n) is 5.57. The molecule has 1 rings (SSSR count). The predicted molar refractivity (Wildman–Crippen MR) is 72.8 cm³/mol. The molecule has 0 aliphatic rings. The Morgan fingerprint density at radius 2 is 2.17 bits per heavy atom. The van der Waals surface area contributed by atoms with Crippen molar-refractivity contribution in [1.82, 2.24) is 5.32 Å². The number of nitrogens with one attached hydrogen (secondary N) is 1. The van der Waals surface area contributed by atoms with Crippen LogP contribution in [0.15, 0.2) is 22.7 Å². The molecule has 5 nitrogen and oxygen atoms in total. The Labute approximate surface area is 114 Å². The minimum Gasteiger partial charge on any atom is -0.398 e. The van der Waals surface area contributed by atoms with Gasteiger partial charge in [-0.15, -0.1) is 0 Å².